The lowest BCUT2D eigenvalue weighted by Gasteiger charge is -2.30. The molecule has 2 aliphatic heterocycles. The van der Waals surface area contributed by atoms with Crippen LogP contribution < -0.4 is 0 Å². The van der Waals surface area contributed by atoms with Crippen LogP contribution in [0.25, 0.3) is 0 Å². The molecular weight excluding hydrogens is 308 g/mol. The van der Waals surface area contributed by atoms with Gasteiger partial charge in [-0.15, -0.1) is 0 Å². The number of nitrogens with zero attached hydrogens (tertiary/aromatic N) is 4. The summed E-state index contributed by atoms with van der Waals surface area (Å²) in [5.74, 6) is 1.93. The normalized spacial score (nSPS) is 22.0. The van der Waals surface area contributed by atoms with Crippen LogP contribution in [0.5, 0.6) is 0 Å². The van der Waals surface area contributed by atoms with Crippen LogP contribution in [0.3, 0.4) is 0 Å². The van der Waals surface area contributed by atoms with Crippen LogP contribution in [0.2, 0.25) is 0 Å². The molecule has 0 saturated carbocycles. The number of likely N-dealkylation sites (tertiary alicyclic amines) is 1. The van der Waals surface area contributed by atoms with Crippen LogP contribution in [-0.2, 0) is 4.74 Å². The van der Waals surface area contributed by atoms with Gasteiger partial charge in [-0.05, 0) is 31.4 Å². The number of hydrogen-bond acceptors (Lipinski definition) is 6. The van der Waals surface area contributed by atoms with Gasteiger partial charge < -0.3 is 14.2 Å². The van der Waals surface area contributed by atoms with Gasteiger partial charge in [0, 0.05) is 37.7 Å². The molecule has 0 aliphatic carbocycles. The molecule has 24 heavy (non-hydrogen) atoms. The molecule has 0 aromatic carbocycles. The molecule has 7 nitrogen and oxygen atoms in total. The Hall–Kier alpha value is -2.28. The van der Waals surface area contributed by atoms with Crippen molar-refractivity contribution in [1.82, 2.24) is 20.0 Å². The molecule has 2 saturated heterocycles. The number of carbonyl (C=O) groups excluding carboxylic acids is 1. The van der Waals surface area contributed by atoms with Gasteiger partial charge in [-0.2, -0.15) is 4.98 Å². The van der Waals surface area contributed by atoms with Gasteiger partial charge in [-0.25, -0.2) is 0 Å². The van der Waals surface area contributed by atoms with E-state index in [1.165, 1.54) is 0 Å². The van der Waals surface area contributed by atoms with Gasteiger partial charge >= 0.3 is 0 Å². The van der Waals surface area contributed by atoms with E-state index in [2.05, 4.69) is 15.1 Å². The Morgan fingerprint density at radius 1 is 1.17 bits per heavy atom. The molecule has 1 atom stereocenters. The Bertz CT molecular complexity index is 689. The zero-order valence-electron chi connectivity index (χ0n) is 13.4. The van der Waals surface area contributed by atoms with E-state index in [0.29, 0.717) is 31.3 Å². The number of hydrogen-bond donors (Lipinski definition) is 0. The second kappa shape index (κ2) is 6.68. The average Bonchev–Trinajstić information content (AvgIpc) is 3.33. The molecule has 1 amide bonds. The summed E-state index contributed by atoms with van der Waals surface area (Å²) in [5, 5.41) is 4.12. The molecular formula is C17H20N4O3. The maximum Gasteiger partial charge on any atom is 0.272 e. The van der Waals surface area contributed by atoms with E-state index in [9.17, 15) is 4.79 Å². The maximum absolute atomic E-state index is 12.4. The Kier molecular flexibility index (Phi) is 4.25. The molecule has 0 N–H and O–H groups in total. The first-order chi connectivity index (χ1) is 11.8. The largest absolute Gasteiger partial charge is 0.381 e. The van der Waals surface area contributed by atoms with E-state index in [1.54, 1.807) is 12.3 Å². The van der Waals surface area contributed by atoms with E-state index in [4.69, 9.17) is 9.26 Å². The molecule has 2 aromatic rings. The minimum atomic E-state index is -0.0108. The molecule has 0 unspecified atom stereocenters. The summed E-state index contributed by atoms with van der Waals surface area (Å²) in [7, 11) is 0. The van der Waals surface area contributed by atoms with E-state index in [1.807, 2.05) is 17.0 Å². The van der Waals surface area contributed by atoms with Gasteiger partial charge in [-0.1, -0.05) is 11.2 Å². The molecule has 0 bridgehead atoms. The van der Waals surface area contributed by atoms with Crippen molar-refractivity contribution in [1.29, 1.82) is 0 Å². The number of pyridine rings is 1. The predicted molar refractivity (Wildman–Crippen MR) is 84.6 cm³/mol. The number of aromatic nitrogens is 3. The molecule has 2 aromatic heterocycles. The van der Waals surface area contributed by atoms with Crippen LogP contribution in [0.1, 0.15) is 53.3 Å². The summed E-state index contributed by atoms with van der Waals surface area (Å²) in [5.41, 5.74) is 0.497. The lowest BCUT2D eigenvalue weighted by atomic mass is 9.96. The Labute approximate surface area is 140 Å². The molecule has 4 rings (SSSR count). The molecule has 2 aliphatic rings. The minimum Gasteiger partial charge on any atom is -0.381 e. The highest BCUT2D eigenvalue weighted by Gasteiger charge is 2.30. The second-order valence-electron chi connectivity index (χ2n) is 6.33. The van der Waals surface area contributed by atoms with Crippen LogP contribution >= 0.6 is 0 Å². The molecule has 2 fully saturated rings. The molecule has 0 radical (unpaired) electrons. The van der Waals surface area contributed by atoms with Crippen molar-refractivity contribution in [2.75, 3.05) is 26.3 Å². The average molecular weight is 328 g/mol. The van der Waals surface area contributed by atoms with Crippen molar-refractivity contribution >= 4 is 5.91 Å². The fraction of sp³-hybridized carbons (Fsp3) is 0.529. The number of piperidine rings is 1. The van der Waals surface area contributed by atoms with Gasteiger partial charge in [0.15, 0.2) is 5.82 Å². The van der Waals surface area contributed by atoms with Gasteiger partial charge in [0.25, 0.3) is 5.91 Å². The third-order valence-corrected chi connectivity index (χ3v) is 4.77. The zero-order chi connectivity index (χ0) is 16.4. The second-order valence-corrected chi connectivity index (χ2v) is 6.33. The van der Waals surface area contributed by atoms with Crippen LogP contribution in [0.4, 0.5) is 0 Å². The zero-order valence-corrected chi connectivity index (χ0v) is 13.4. The van der Waals surface area contributed by atoms with E-state index < -0.39 is 0 Å². The number of amides is 1. The Morgan fingerprint density at radius 3 is 2.75 bits per heavy atom. The Morgan fingerprint density at radius 2 is 2.04 bits per heavy atom. The summed E-state index contributed by atoms with van der Waals surface area (Å²) < 4.78 is 10.8. The van der Waals surface area contributed by atoms with Crippen LogP contribution in [0.15, 0.2) is 28.9 Å². The van der Waals surface area contributed by atoms with Gasteiger partial charge in [0.1, 0.15) is 5.69 Å². The topological polar surface area (TPSA) is 81.4 Å². The first-order valence-electron chi connectivity index (χ1n) is 8.43. The third-order valence-electron chi connectivity index (χ3n) is 4.77. The lowest BCUT2D eigenvalue weighted by molar-refractivity contribution is 0.0698. The molecule has 126 valence electrons. The van der Waals surface area contributed by atoms with Crippen LogP contribution in [-0.4, -0.2) is 52.2 Å². The monoisotopic (exact) mass is 328 g/mol. The fourth-order valence-electron chi connectivity index (χ4n) is 3.30. The van der Waals surface area contributed by atoms with Gasteiger partial charge in [0.2, 0.25) is 5.89 Å². The van der Waals surface area contributed by atoms with E-state index in [-0.39, 0.29) is 17.7 Å². The van der Waals surface area contributed by atoms with Crippen molar-refractivity contribution in [2.24, 2.45) is 0 Å². The summed E-state index contributed by atoms with van der Waals surface area (Å²) >= 11 is 0. The molecule has 0 spiro atoms. The van der Waals surface area contributed by atoms with Crippen LogP contribution in [0, 0.1) is 0 Å². The number of rotatable bonds is 3. The number of carbonyl (C=O) groups is 1. The summed E-state index contributed by atoms with van der Waals surface area (Å²) in [6.45, 7) is 2.81. The van der Waals surface area contributed by atoms with E-state index >= 15 is 0 Å². The minimum absolute atomic E-state index is 0.0108. The standard InChI is InChI=1S/C17H20N4O3/c22-17(14-3-1-2-7-18-14)21-8-4-12(5-9-21)16-19-15(20-24-16)13-6-10-23-11-13/h1-3,7,12-13H,4-6,8-11H2/t13-/m1/s1. The highest BCUT2D eigenvalue weighted by atomic mass is 16.5. The van der Waals surface area contributed by atoms with Crippen molar-refractivity contribution < 1.29 is 14.1 Å². The number of ether oxygens (including phenoxy) is 1. The molecule has 4 heterocycles. The van der Waals surface area contributed by atoms with Gasteiger partial charge in [0.05, 0.1) is 6.61 Å². The highest BCUT2D eigenvalue weighted by molar-refractivity contribution is 5.92. The van der Waals surface area contributed by atoms with Crippen molar-refractivity contribution in [2.45, 2.75) is 31.1 Å². The Balaban J connectivity index is 1.37. The quantitative estimate of drug-likeness (QED) is 0.857. The van der Waals surface area contributed by atoms with Gasteiger partial charge in [-0.3, -0.25) is 9.78 Å². The van der Waals surface area contributed by atoms with Crippen molar-refractivity contribution in [3.63, 3.8) is 0 Å². The lowest BCUT2D eigenvalue weighted by Crippen LogP contribution is -2.38. The first-order valence-corrected chi connectivity index (χ1v) is 8.43. The first kappa shape index (κ1) is 15.3. The summed E-state index contributed by atoms with van der Waals surface area (Å²) in [6, 6.07) is 5.40. The smallest absolute Gasteiger partial charge is 0.272 e. The summed E-state index contributed by atoms with van der Waals surface area (Å²) in [6.07, 6.45) is 4.27. The third kappa shape index (κ3) is 3.03. The predicted octanol–water partition coefficient (Wildman–Crippen LogP) is 1.99. The van der Waals surface area contributed by atoms with Crippen molar-refractivity contribution in [3.8, 4) is 0 Å². The summed E-state index contributed by atoms with van der Waals surface area (Å²) in [4.78, 5) is 23.0. The fourth-order valence-corrected chi connectivity index (χ4v) is 3.30. The highest BCUT2D eigenvalue weighted by Crippen LogP contribution is 2.30. The van der Waals surface area contributed by atoms with Crippen molar-refractivity contribution in [3.05, 3.63) is 41.8 Å². The SMILES string of the molecule is O=C(c1ccccn1)N1CCC(c2nc([C@@H]3CCOC3)no2)CC1. The van der Waals surface area contributed by atoms with E-state index in [0.717, 1.165) is 31.7 Å². The maximum atomic E-state index is 12.4. The molecule has 7 heteroatoms.